The normalized spacial score (nSPS) is 18.9. The third-order valence-electron chi connectivity index (χ3n) is 1.87. The number of hydrogen-bond acceptors (Lipinski definition) is 3. The molecule has 0 amide bonds. The van der Waals surface area contributed by atoms with Gasteiger partial charge < -0.3 is 0 Å². The molecule has 0 radical (unpaired) electrons. The van der Waals surface area contributed by atoms with Gasteiger partial charge in [0, 0.05) is 5.92 Å². The third-order valence-corrected chi connectivity index (χ3v) is 3.62. The molecule has 54 valence electrons. The first-order valence-corrected chi connectivity index (χ1v) is 5.24. The molecule has 0 atom stereocenters. The summed E-state index contributed by atoms with van der Waals surface area (Å²) in [6, 6.07) is 0. The van der Waals surface area contributed by atoms with Crippen molar-refractivity contribution >= 4 is 33.9 Å². The topological polar surface area (TPSA) is 25.8 Å². The summed E-state index contributed by atoms with van der Waals surface area (Å²) >= 11 is 3.96. The summed E-state index contributed by atoms with van der Waals surface area (Å²) in [4.78, 5) is 0. The number of aromatic nitrogens is 2. The van der Waals surface area contributed by atoms with Crippen LogP contribution < -0.4 is 0 Å². The Labute approximate surface area is 77.2 Å². The zero-order valence-corrected chi connectivity index (χ0v) is 8.35. The Kier molecular flexibility index (Phi) is 1.90. The minimum Gasteiger partial charge on any atom is -0.142 e. The first-order valence-electron chi connectivity index (χ1n) is 3.35. The highest BCUT2D eigenvalue weighted by molar-refractivity contribution is 14.1. The van der Waals surface area contributed by atoms with Crippen LogP contribution in [-0.4, -0.2) is 10.2 Å². The largest absolute Gasteiger partial charge is 0.178 e. The van der Waals surface area contributed by atoms with Gasteiger partial charge in [-0.1, -0.05) is 17.8 Å². The Balaban J connectivity index is 2.17. The van der Waals surface area contributed by atoms with Crippen molar-refractivity contribution in [2.45, 2.75) is 25.2 Å². The SMILES string of the molecule is Ic1nnc(C2CCC2)s1. The predicted molar refractivity (Wildman–Crippen MR) is 49.2 cm³/mol. The zero-order valence-electron chi connectivity index (χ0n) is 5.38. The van der Waals surface area contributed by atoms with Crippen LogP contribution in [0.25, 0.3) is 0 Å². The molecule has 1 saturated carbocycles. The highest BCUT2D eigenvalue weighted by Gasteiger charge is 2.22. The standard InChI is InChI=1S/C6H7IN2S/c7-6-9-8-5(10-6)4-2-1-3-4/h4H,1-3H2. The van der Waals surface area contributed by atoms with E-state index in [-0.39, 0.29) is 0 Å². The molecule has 1 aromatic rings. The highest BCUT2D eigenvalue weighted by Crippen LogP contribution is 2.37. The first kappa shape index (κ1) is 6.97. The van der Waals surface area contributed by atoms with Crippen molar-refractivity contribution < 1.29 is 0 Å². The second-order valence-electron chi connectivity index (χ2n) is 2.52. The number of halogens is 1. The molecule has 1 aliphatic carbocycles. The van der Waals surface area contributed by atoms with Gasteiger partial charge in [-0.2, -0.15) is 0 Å². The van der Waals surface area contributed by atoms with E-state index in [0.717, 1.165) is 8.93 Å². The van der Waals surface area contributed by atoms with Crippen LogP contribution in [0.15, 0.2) is 0 Å². The van der Waals surface area contributed by atoms with Crippen LogP contribution in [0, 0.1) is 3.01 Å². The zero-order chi connectivity index (χ0) is 6.97. The van der Waals surface area contributed by atoms with Crippen molar-refractivity contribution in [2.75, 3.05) is 0 Å². The molecule has 2 nitrogen and oxygen atoms in total. The van der Waals surface area contributed by atoms with Gasteiger partial charge in [0.1, 0.15) is 5.01 Å². The van der Waals surface area contributed by atoms with Crippen molar-refractivity contribution in [1.29, 1.82) is 0 Å². The maximum atomic E-state index is 4.10. The molecule has 1 aromatic heterocycles. The van der Waals surface area contributed by atoms with Crippen LogP contribution in [0.3, 0.4) is 0 Å². The summed E-state index contributed by atoms with van der Waals surface area (Å²) in [5.74, 6) is 0.751. The summed E-state index contributed by atoms with van der Waals surface area (Å²) in [6.45, 7) is 0. The van der Waals surface area contributed by atoms with E-state index >= 15 is 0 Å². The maximum Gasteiger partial charge on any atom is 0.178 e. The molecule has 0 bridgehead atoms. The number of hydrogen-bond donors (Lipinski definition) is 0. The van der Waals surface area contributed by atoms with Crippen molar-refractivity contribution in [1.82, 2.24) is 10.2 Å². The van der Waals surface area contributed by atoms with Gasteiger partial charge in [-0.15, -0.1) is 10.2 Å². The van der Waals surface area contributed by atoms with Gasteiger partial charge in [0.2, 0.25) is 0 Å². The second kappa shape index (κ2) is 2.73. The molecule has 0 N–H and O–H groups in total. The van der Waals surface area contributed by atoms with E-state index in [1.54, 1.807) is 11.3 Å². The van der Waals surface area contributed by atoms with Gasteiger partial charge in [-0.25, -0.2) is 0 Å². The summed E-state index contributed by atoms with van der Waals surface area (Å²) in [7, 11) is 0. The van der Waals surface area contributed by atoms with Crippen LogP contribution in [0.4, 0.5) is 0 Å². The molecular formula is C6H7IN2S. The quantitative estimate of drug-likeness (QED) is 0.729. The minimum atomic E-state index is 0.751. The Morgan fingerprint density at radius 3 is 2.60 bits per heavy atom. The molecular weight excluding hydrogens is 259 g/mol. The lowest BCUT2D eigenvalue weighted by atomic mass is 9.86. The molecule has 1 aliphatic rings. The Hall–Kier alpha value is 0.290. The van der Waals surface area contributed by atoms with E-state index in [1.807, 2.05) is 0 Å². The molecule has 2 rings (SSSR count). The van der Waals surface area contributed by atoms with Gasteiger partial charge in [-0.05, 0) is 35.4 Å². The first-order chi connectivity index (χ1) is 4.86. The highest BCUT2D eigenvalue weighted by atomic mass is 127. The lowest BCUT2D eigenvalue weighted by Gasteiger charge is -2.21. The third kappa shape index (κ3) is 1.18. The molecule has 0 saturated heterocycles. The van der Waals surface area contributed by atoms with Crippen LogP contribution in [0.2, 0.25) is 0 Å². The smallest absolute Gasteiger partial charge is 0.142 e. The van der Waals surface area contributed by atoms with E-state index in [0.29, 0.717) is 0 Å². The molecule has 0 aromatic carbocycles. The summed E-state index contributed by atoms with van der Waals surface area (Å²) in [5, 5.41) is 9.32. The van der Waals surface area contributed by atoms with Crippen LogP contribution in [0.1, 0.15) is 30.2 Å². The summed E-state index contributed by atoms with van der Waals surface area (Å²) in [6.07, 6.45) is 4.03. The van der Waals surface area contributed by atoms with E-state index in [1.165, 1.54) is 24.3 Å². The average Bonchev–Trinajstić information content (AvgIpc) is 2.10. The number of rotatable bonds is 1. The fourth-order valence-corrected chi connectivity index (χ4v) is 2.56. The van der Waals surface area contributed by atoms with Crippen molar-refractivity contribution in [3.8, 4) is 0 Å². The van der Waals surface area contributed by atoms with Gasteiger partial charge in [-0.3, -0.25) is 0 Å². The summed E-state index contributed by atoms with van der Waals surface area (Å²) in [5.41, 5.74) is 0. The lowest BCUT2D eigenvalue weighted by Crippen LogP contribution is -2.07. The second-order valence-corrected chi connectivity index (χ2v) is 5.28. The fourth-order valence-electron chi connectivity index (χ4n) is 1.04. The van der Waals surface area contributed by atoms with Crippen LogP contribution in [-0.2, 0) is 0 Å². The molecule has 10 heavy (non-hydrogen) atoms. The average molecular weight is 266 g/mol. The molecule has 1 heterocycles. The Morgan fingerprint density at radius 2 is 2.20 bits per heavy atom. The molecule has 0 aliphatic heterocycles. The van der Waals surface area contributed by atoms with E-state index < -0.39 is 0 Å². The van der Waals surface area contributed by atoms with Crippen LogP contribution in [0.5, 0.6) is 0 Å². The maximum absolute atomic E-state index is 4.10. The fraction of sp³-hybridized carbons (Fsp3) is 0.667. The Bertz CT molecular complexity index is 231. The minimum absolute atomic E-state index is 0.751. The van der Waals surface area contributed by atoms with E-state index in [4.69, 9.17) is 0 Å². The molecule has 0 spiro atoms. The monoisotopic (exact) mass is 266 g/mol. The van der Waals surface area contributed by atoms with E-state index in [9.17, 15) is 0 Å². The van der Waals surface area contributed by atoms with Gasteiger partial charge in [0.15, 0.2) is 3.01 Å². The van der Waals surface area contributed by atoms with Gasteiger partial charge in [0.05, 0.1) is 0 Å². The van der Waals surface area contributed by atoms with Crippen LogP contribution >= 0.6 is 33.9 Å². The van der Waals surface area contributed by atoms with Gasteiger partial charge in [0.25, 0.3) is 0 Å². The number of nitrogens with zero attached hydrogens (tertiary/aromatic N) is 2. The Morgan fingerprint density at radius 1 is 1.40 bits per heavy atom. The predicted octanol–water partition coefficient (Wildman–Crippen LogP) is 2.41. The summed E-state index contributed by atoms with van der Waals surface area (Å²) < 4.78 is 1.07. The van der Waals surface area contributed by atoms with Crippen molar-refractivity contribution in [2.24, 2.45) is 0 Å². The lowest BCUT2D eigenvalue weighted by molar-refractivity contribution is 0.416. The van der Waals surface area contributed by atoms with Crippen molar-refractivity contribution in [3.05, 3.63) is 8.02 Å². The molecule has 1 fully saturated rings. The van der Waals surface area contributed by atoms with Gasteiger partial charge >= 0.3 is 0 Å². The molecule has 0 unspecified atom stereocenters. The van der Waals surface area contributed by atoms with E-state index in [2.05, 4.69) is 32.8 Å². The molecule has 4 heteroatoms. The van der Waals surface area contributed by atoms with Crippen molar-refractivity contribution in [3.63, 3.8) is 0 Å².